The molecule has 2 heterocycles. The Balaban J connectivity index is 1.32. The minimum atomic E-state index is -0.393. The molecule has 2 saturated carbocycles. The summed E-state index contributed by atoms with van der Waals surface area (Å²) in [5, 5.41) is 0. The van der Waals surface area contributed by atoms with Crippen LogP contribution in [0.15, 0.2) is 42.5 Å². The topological polar surface area (TPSA) is 71.1 Å². The lowest BCUT2D eigenvalue weighted by atomic mass is 9.55. The van der Waals surface area contributed by atoms with Crippen LogP contribution in [-0.4, -0.2) is 30.9 Å². The second-order valence-corrected chi connectivity index (χ2v) is 8.80. The van der Waals surface area contributed by atoms with E-state index in [-0.39, 0.29) is 42.2 Å². The lowest BCUT2D eigenvalue weighted by molar-refractivity contribution is -0.142. The summed E-state index contributed by atoms with van der Waals surface area (Å²) in [6.45, 7) is 10.6. The van der Waals surface area contributed by atoms with Gasteiger partial charge in [-0.3, -0.25) is 0 Å². The van der Waals surface area contributed by atoms with Gasteiger partial charge in [-0.1, -0.05) is 20.1 Å². The van der Waals surface area contributed by atoms with E-state index in [0.717, 1.165) is 24.8 Å². The number of hydrogen-bond acceptors (Lipinski definition) is 6. The van der Waals surface area contributed by atoms with Crippen molar-refractivity contribution in [3.63, 3.8) is 0 Å². The first-order valence-electron chi connectivity index (χ1n) is 10.0. The molecule has 1 aromatic carbocycles. The average molecular weight is 396 g/mol. The maximum atomic E-state index is 12.7. The fourth-order valence-electron chi connectivity index (χ4n) is 5.39. The summed E-state index contributed by atoms with van der Waals surface area (Å²) in [6.07, 6.45) is 2.75. The van der Waals surface area contributed by atoms with Gasteiger partial charge in [0.2, 0.25) is 6.79 Å². The number of rotatable bonds is 2. The molecular weight excluding hydrogens is 372 g/mol. The van der Waals surface area contributed by atoms with Gasteiger partial charge < -0.3 is 18.9 Å². The zero-order valence-corrected chi connectivity index (χ0v) is 16.4. The maximum absolute atomic E-state index is 12.7. The molecule has 4 aliphatic rings. The van der Waals surface area contributed by atoms with E-state index in [0.29, 0.717) is 29.1 Å². The Hall–Kier alpha value is -2.76. The number of benzene rings is 1. The van der Waals surface area contributed by atoms with E-state index in [9.17, 15) is 9.59 Å². The van der Waals surface area contributed by atoms with Crippen molar-refractivity contribution in [2.45, 2.75) is 44.8 Å². The van der Waals surface area contributed by atoms with Crippen LogP contribution in [0.4, 0.5) is 0 Å². The molecular formula is C23H24O6. The monoisotopic (exact) mass is 396 g/mol. The standard InChI is InChI=1S/C23H24O6/c1-12-15-9-16-13(2)17(6-7-23(16,3)10-20(15)29-21(12)24)28-22(25)14-4-5-18-19(8-14)27-11-26-18/h4-5,8,15-17,20H,1-2,6-7,9-11H2,3H3/t15-,16+,17-,20-,23-/m1/s1. The van der Waals surface area contributed by atoms with Gasteiger partial charge in [0, 0.05) is 11.5 Å². The van der Waals surface area contributed by atoms with Crippen molar-refractivity contribution >= 4 is 11.9 Å². The van der Waals surface area contributed by atoms with Crippen molar-refractivity contribution in [1.82, 2.24) is 0 Å². The third kappa shape index (κ3) is 2.84. The molecule has 5 rings (SSSR count). The number of hydrogen-bond donors (Lipinski definition) is 0. The Morgan fingerprint density at radius 1 is 1.24 bits per heavy atom. The van der Waals surface area contributed by atoms with Gasteiger partial charge >= 0.3 is 11.9 Å². The Bertz CT molecular complexity index is 933. The van der Waals surface area contributed by atoms with Gasteiger partial charge in [0.25, 0.3) is 0 Å². The minimum Gasteiger partial charge on any atom is -0.458 e. The summed E-state index contributed by atoms with van der Waals surface area (Å²) in [5.41, 5.74) is 1.91. The van der Waals surface area contributed by atoms with E-state index in [2.05, 4.69) is 20.1 Å². The van der Waals surface area contributed by atoms with E-state index in [1.807, 2.05) is 0 Å². The van der Waals surface area contributed by atoms with Crippen LogP contribution < -0.4 is 9.47 Å². The van der Waals surface area contributed by atoms with E-state index in [1.54, 1.807) is 18.2 Å². The van der Waals surface area contributed by atoms with E-state index >= 15 is 0 Å². The minimum absolute atomic E-state index is 0.00912. The normalized spacial score (nSPS) is 35.0. The molecule has 0 aromatic heterocycles. The van der Waals surface area contributed by atoms with Gasteiger partial charge in [0.05, 0.1) is 5.56 Å². The molecule has 1 aromatic rings. The molecule has 0 spiro atoms. The highest BCUT2D eigenvalue weighted by molar-refractivity contribution is 5.91. The van der Waals surface area contributed by atoms with Crippen LogP contribution in [0.5, 0.6) is 11.5 Å². The summed E-state index contributed by atoms with van der Waals surface area (Å²) >= 11 is 0. The smallest absolute Gasteiger partial charge is 0.338 e. The molecule has 0 radical (unpaired) electrons. The molecule has 6 heteroatoms. The van der Waals surface area contributed by atoms with Crippen LogP contribution in [0.3, 0.4) is 0 Å². The van der Waals surface area contributed by atoms with Gasteiger partial charge in [-0.25, -0.2) is 9.59 Å². The Morgan fingerprint density at radius 3 is 2.86 bits per heavy atom. The number of carbonyl (C=O) groups is 2. The molecule has 0 unspecified atom stereocenters. The molecule has 0 N–H and O–H groups in total. The van der Waals surface area contributed by atoms with Gasteiger partial charge in [-0.15, -0.1) is 0 Å². The van der Waals surface area contributed by atoms with Crippen molar-refractivity contribution in [1.29, 1.82) is 0 Å². The van der Waals surface area contributed by atoms with Crippen LogP contribution in [-0.2, 0) is 14.3 Å². The zero-order chi connectivity index (χ0) is 20.3. The van der Waals surface area contributed by atoms with Gasteiger partial charge in [-0.2, -0.15) is 0 Å². The second-order valence-electron chi connectivity index (χ2n) is 8.80. The molecule has 2 aliphatic heterocycles. The average Bonchev–Trinajstić information content (AvgIpc) is 3.26. The van der Waals surface area contributed by atoms with Crippen LogP contribution in [0, 0.1) is 17.3 Å². The van der Waals surface area contributed by atoms with Crippen LogP contribution in [0.25, 0.3) is 0 Å². The summed E-state index contributed by atoms with van der Waals surface area (Å²) in [7, 11) is 0. The fourth-order valence-corrected chi connectivity index (χ4v) is 5.39. The predicted molar refractivity (Wildman–Crippen MR) is 103 cm³/mol. The Labute approximate surface area is 169 Å². The highest BCUT2D eigenvalue weighted by Crippen LogP contribution is 2.57. The summed E-state index contributed by atoms with van der Waals surface area (Å²) in [6, 6.07) is 5.05. The molecule has 0 amide bonds. The van der Waals surface area contributed by atoms with E-state index < -0.39 is 5.97 Å². The largest absolute Gasteiger partial charge is 0.458 e. The third-order valence-electron chi connectivity index (χ3n) is 7.11. The highest BCUT2D eigenvalue weighted by Gasteiger charge is 2.54. The van der Waals surface area contributed by atoms with Crippen molar-refractivity contribution in [3.05, 3.63) is 48.1 Å². The Morgan fingerprint density at radius 2 is 2.03 bits per heavy atom. The third-order valence-corrected chi connectivity index (χ3v) is 7.11. The number of ether oxygens (including phenoxy) is 4. The molecule has 0 bridgehead atoms. The zero-order valence-electron chi connectivity index (χ0n) is 16.4. The lowest BCUT2D eigenvalue weighted by Crippen LogP contribution is -2.47. The van der Waals surface area contributed by atoms with Gasteiger partial charge in [-0.05, 0) is 60.8 Å². The molecule has 6 nitrogen and oxygen atoms in total. The first kappa shape index (κ1) is 18.3. The van der Waals surface area contributed by atoms with Crippen LogP contribution in [0.1, 0.15) is 43.0 Å². The second kappa shape index (κ2) is 6.37. The number of carbonyl (C=O) groups excluding carboxylic acids is 2. The molecule has 3 fully saturated rings. The van der Waals surface area contributed by atoms with Crippen molar-refractivity contribution in [2.75, 3.05) is 6.79 Å². The number of fused-ring (bicyclic) bond motifs is 3. The Kier molecular flexibility index (Phi) is 4.02. The molecule has 152 valence electrons. The fraction of sp³-hybridized carbons (Fsp3) is 0.478. The lowest BCUT2D eigenvalue weighted by Gasteiger charge is -2.51. The van der Waals surface area contributed by atoms with E-state index in [4.69, 9.17) is 18.9 Å². The van der Waals surface area contributed by atoms with E-state index in [1.165, 1.54) is 0 Å². The predicted octanol–water partition coefficient (Wildman–Crippen LogP) is 3.80. The quantitative estimate of drug-likeness (QED) is 0.430. The van der Waals surface area contributed by atoms with Gasteiger partial charge in [0.1, 0.15) is 12.2 Å². The number of esters is 2. The summed E-state index contributed by atoms with van der Waals surface area (Å²) in [4.78, 5) is 24.7. The van der Waals surface area contributed by atoms with Crippen molar-refractivity contribution in [2.24, 2.45) is 17.3 Å². The first-order chi connectivity index (χ1) is 13.9. The summed E-state index contributed by atoms with van der Waals surface area (Å²) in [5.74, 6) is 0.704. The first-order valence-corrected chi connectivity index (χ1v) is 10.0. The van der Waals surface area contributed by atoms with Crippen molar-refractivity contribution < 1.29 is 28.5 Å². The van der Waals surface area contributed by atoms with Gasteiger partial charge in [0.15, 0.2) is 11.5 Å². The molecule has 2 aliphatic carbocycles. The summed E-state index contributed by atoms with van der Waals surface area (Å²) < 4.78 is 22.0. The molecule has 5 atom stereocenters. The van der Waals surface area contributed by atoms with Crippen LogP contribution in [0.2, 0.25) is 0 Å². The molecule has 1 saturated heterocycles. The maximum Gasteiger partial charge on any atom is 0.338 e. The molecule has 29 heavy (non-hydrogen) atoms. The van der Waals surface area contributed by atoms with Crippen molar-refractivity contribution in [3.8, 4) is 11.5 Å². The van der Waals surface area contributed by atoms with Crippen LogP contribution >= 0.6 is 0 Å². The highest BCUT2D eigenvalue weighted by atomic mass is 16.7. The SMILES string of the molecule is C=C1C(=O)O[C@@H]2C[C@@]3(C)CC[C@@H](OC(=O)c4ccc5c(c4)OCO5)C(=C)[C@@H]3C[C@H]12.